The van der Waals surface area contributed by atoms with E-state index in [2.05, 4.69) is 38.4 Å². The van der Waals surface area contributed by atoms with Crippen molar-refractivity contribution in [3.8, 4) is 0 Å². The van der Waals surface area contributed by atoms with Gasteiger partial charge in [-0.25, -0.2) is 0 Å². The summed E-state index contributed by atoms with van der Waals surface area (Å²) in [6.07, 6.45) is 8.32. The van der Waals surface area contributed by atoms with Gasteiger partial charge in [-0.15, -0.1) is 0 Å². The third-order valence-electron chi connectivity index (χ3n) is 4.23. The number of nitrogens with zero attached hydrogens (tertiary/aromatic N) is 1. The van der Waals surface area contributed by atoms with E-state index in [1.807, 2.05) is 0 Å². The average Bonchev–Trinajstić information content (AvgIpc) is 2.27. The minimum absolute atomic E-state index is 0.832. The molecule has 1 rings (SSSR count). The summed E-state index contributed by atoms with van der Waals surface area (Å²) in [5.74, 6) is 2.77. The van der Waals surface area contributed by atoms with E-state index in [0.29, 0.717) is 0 Å². The first kappa shape index (κ1) is 14.4. The molecule has 3 atom stereocenters. The quantitative estimate of drug-likeness (QED) is 0.694. The van der Waals surface area contributed by atoms with Crippen molar-refractivity contribution in [3.05, 3.63) is 0 Å². The summed E-state index contributed by atoms with van der Waals surface area (Å²) in [4.78, 5) is 2.61. The SMILES string of the molecule is CC(CCS)CCN(C)C1CCCCC1C. The summed E-state index contributed by atoms with van der Waals surface area (Å²) in [5, 5.41) is 0. The van der Waals surface area contributed by atoms with Crippen molar-refractivity contribution in [2.45, 2.75) is 58.4 Å². The Hall–Kier alpha value is 0.310. The first-order chi connectivity index (χ1) is 7.65. The summed E-state index contributed by atoms with van der Waals surface area (Å²) >= 11 is 4.31. The Morgan fingerprint density at radius 2 is 1.94 bits per heavy atom. The lowest BCUT2D eigenvalue weighted by Gasteiger charge is -2.36. The highest BCUT2D eigenvalue weighted by Crippen LogP contribution is 2.27. The first-order valence-electron chi connectivity index (χ1n) is 6.96. The molecule has 96 valence electrons. The lowest BCUT2D eigenvalue weighted by molar-refractivity contribution is 0.133. The van der Waals surface area contributed by atoms with Crippen LogP contribution in [0.5, 0.6) is 0 Å². The van der Waals surface area contributed by atoms with E-state index in [1.54, 1.807) is 0 Å². The van der Waals surface area contributed by atoms with Gasteiger partial charge in [-0.1, -0.05) is 26.7 Å². The van der Waals surface area contributed by atoms with E-state index in [1.165, 1.54) is 45.1 Å². The molecule has 0 radical (unpaired) electrons. The van der Waals surface area contributed by atoms with Crippen LogP contribution in [0.25, 0.3) is 0 Å². The Kier molecular flexibility index (Phi) is 6.83. The molecule has 0 bridgehead atoms. The molecule has 1 fully saturated rings. The minimum atomic E-state index is 0.832. The largest absolute Gasteiger partial charge is 0.303 e. The van der Waals surface area contributed by atoms with Crippen molar-refractivity contribution in [2.24, 2.45) is 11.8 Å². The third kappa shape index (κ3) is 4.67. The van der Waals surface area contributed by atoms with Gasteiger partial charge in [0.15, 0.2) is 0 Å². The summed E-state index contributed by atoms with van der Waals surface area (Å²) < 4.78 is 0. The predicted molar refractivity (Wildman–Crippen MR) is 76.3 cm³/mol. The summed E-state index contributed by atoms with van der Waals surface area (Å²) in [6.45, 7) is 6.05. The standard InChI is InChI=1S/C14H29NS/c1-12(9-11-16)8-10-15(3)14-7-5-4-6-13(14)2/h12-14,16H,4-11H2,1-3H3. The molecule has 0 aromatic carbocycles. The van der Waals surface area contributed by atoms with Gasteiger partial charge in [0.05, 0.1) is 0 Å². The van der Waals surface area contributed by atoms with Gasteiger partial charge < -0.3 is 4.90 Å². The number of rotatable bonds is 6. The second-order valence-corrected chi connectivity index (χ2v) is 6.16. The highest BCUT2D eigenvalue weighted by Gasteiger charge is 2.24. The highest BCUT2D eigenvalue weighted by molar-refractivity contribution is 7.80. The van der Waals surface area contributed by atoms with Crippen LogP contribution in [-0.4, -0.2) is 30.3 Å². The zero-order valence-corrected chi connectivity index (χ0v) is 12.2. The number of hydrogen-bond donors (Lipinski definition) is 1. The molecule has 0 aromatic heterocycles. The van der Waals surface area contributed by atoms with Gasteiger partial charge in [-0.3, -0.25) is 0 Å². The van der Waals surface area contributed by atoms with Crippen LogP contribution in [0.3, 0.4) is 0 Å². The molecule has 0 aliphatic heterocycles. The molecule has 1 saturated carbocycles. The summed E-state index contributed by atoms with van der Waals surface area (Å²) in [5.41, 5.74) is 0. The highest BCUT2D eigenvalue weighted by atomic mass is 32.1. The van der Waals surface area contributed by atoms with E-state index < -0.39 is 0 Å². The van der Waals surface area contributed by atoms with Gasteiger partial charge in [0, 0.05) is 6.04 Å². The molecule has 2 heteroatoms. The maximum Gasteiger partial charge on any atom is 0.0118 e. The van der Waals surface area contributed by atoms with Gasteiger partial charge in [-0.05, 0) is 56.9 Å². The lowest BCUT2D eigenvalue weighted by atomic mass is 9.85. The van der Waals surface area contributed by atoms with Crippen molar-refractivity contribution in [3.63, 3.8) is 0 Å². The van der Waals surface area contributed by atoms with Crippen LogP contribution in [0.2, 0.25) is 0 Å². The maximum absolute atomic E-state index is 4.31. The van der Waals surface area contributed by atoms with Crippen molar-refractivity contribution < 1.29 is 0 Å². The number of thiol groups is 1. The third-order valence-corrected chi connectivity index (χ3v) is 4.49. The Balaban J connectivity index is 2.25. The molecule has 0 N–H and O–H groups in total. The molecule has 0 spiro atoms. The first-order valence-corrected chi connectivity index (χ1v) is 7.59. The van der Waals surface area contributed by atoms with Crippen molar-refractivity contribution in [2.75, 3.05) is 19.3 Å². The van der Waals surface area contributed by atoms with E-state index >= 15 is 0 Å². The van der Waals surface area contributed by atoms with Crippen LogP contribution in [0.15, 0.2) is 0 Å². The molecule has 1 aliphatic rings. The van der Waals surface area contributed by atoms with E-state index in [9.17, 15) is 0 Å². The fraction of sp³-hybridized carbons (Fsp3) is 1.00. The topological polar surface area (TPSA) is 3.24 Å². The van der Waals surface area contributed by atoms with Crippen molar-refractivity contribution in [1.82, 2.24) is 4.90 Å². The summed E-state index contributed by atoms with van der Waals surface area (Å²) in [7, 11) is 2.32. The van der Waals surface area contributed by atoms with E-state index in [0.717, 1.165) is 23.6 Å². The zero-order valence-electron chi connectivity index (χ0n) is 11.3. The lowest BCUT2D eigenvalue weighted by Crippen LogP contribution is -2.39. The maximum atomic E-state index is 4.31. The Bertz CT molecular complexity index is 184. The molecule has 1 nitrogen and oxygen atoms in total. The number of hydrogen-bond acceptors (Lipinski definition) is 2. The molecule has 0 saturated heterocycles. The van der Waals surface area contributed by atoms with Gasteiger partial charge in [0.25, 0.3) is 0 Å². The molecule has 0 amide bonds. The van der Waals surface area contributed by atoms with E-state index in [4.69, 9.17) is 0 Å². The molecular weight excluding hydrogens is 214 g/mol. The zero-order chi connectivity index (χ0) is 12.0. The summed E-state index contributed by atoms with van der Waals surface area (Å²) in [6, 6.07) is 0.844. The van der Waals surface area contributed by atoms with E-state index in [-0.39, 0.29) is 0 Å². The normalized spacial score (nSPS) is 28.3. The van der Waals surface area contributed by atoms with Crippen LogP contribution in [-0.2, 0) is 0 Å². The second kappa shape index (κ2) is 7.60. The smallest absolute Gasteiger partial charge is 0.0118 e. The van der Waals surface area contributed by atoms with Crippen molar-refractivity contribution >= 4 is 12.6 Å². The molecular formula is C14H29NS. The second-order valence-electron chi connectivity index (χ2n) is 5.72. The molecule has 0 aromatic rings. The monoisotopic (exact) mass is 243 g/mol. The van der Waals surface area contributed by atoms with Crippen LogP contribution >= 0.6 is 12.6 Å². The van der Waals surface area contributed by atoms with Gasteiger partial charge >= 0.3 is 0 Å². The van der Waals surface area contributed by atoms with Crippen LogP contribution in [0.4, 0.5) is 0 Å². The predicted octanol–water partition coefficient (Wildman–Crippen LogP) is 3.84. The fourth-order valence-corrected chi connectivity index (χ4v) is 3.35. The molecule has 0 heterocycles. The van der Waals surface area contributed by atoms with Crippen molar-refractivity contribution in [1.29, 1.82) is 0 Å². The van der Waals surface area contributed by atoms with Crippen LogP contribution in [0, 0.1) is 11.8 Å². The average molecular weight is 243 g/mol. The Morgan fingerprint density at radius 3 is 2.56 bits per heavy atom. The van der Waals surface area contributed by atoms with Gasteiger partial charge in [0.1, 0.15) is 0 Å². The van der Waals surface area contributed by atoms with Crippen LogP contribution < -0.4 is 0 Å². The fourth-order valence-electron chi connectivity index (χ4n) is 2.91. The molecule has 16 heavy (non-hydrogen) atoms. The Morgan fingerprint density at radius 1 is 1.25 bits per heavy atom. The van der Waals surface area contributed by atoms with Gasteiger partial charge in [0.2, 0.25) is 0 Å². The Labute approximate surface area is 107 Å². The molecule has 3 unspecified atom stereocenters. The van der Waals surface area contributed by atoms with Crippen LogP contribution in [0.1, 0.15) is 52.4 Å². The molecule has 1 aliphatic carbocycles. The minimum Gasteiger partial charge on any atom is -0.303 e. The van der Waals surface area contributed by atoms with Gasteiger partial charge in [-0.2, -0.15) is 12.6 Å².